The fourth-order valence-corrected chi connectivity index (χ4v) is 0.266. The molecule has 0 aromatic carbocycles. The van der Waals surface area contributed by atoms with E-state index in [-0.39, 0.29) is 0 Å². The number of hydroxylamine groups is 1. The molecule has 6 heteroatoms. The highest BCUT2D eigenvalue weighted by atomic mass is 35.6. The topological polar surface area (TPSA) is 38.3 Å². The fourth-order valence-electron chi connectivity index (χ4n) is 0.151. The Hall–Kier alpha value is 0.300. The van der Waals surface area contributed by atoms with Crippen LogP contribution in [-0.4, -0.2) is 16.8 Å². The van der Waals surface area contributed by atoms with E-state index in [9.17, 15) is 4.79 Å². The van der Waals surface area contributed by atoms with Crippen molar-refractivity contribution in [1.82, 2.24) is 5.48 Å². The van der Waals surface area contributed by atoms with E-state index in [0.29, 0.717) is 0 Å². The second kappa shape index (κ2) is 3.46. The third-order valence-corrected chi connectivity index (χ3v) is 0.967. The molecule has 0 aliphatic heterocycles. The zero-order valence-corrected chi connectivity index (χ0v) is 6.72. The second-order valence-electron chi connectivity index (χ2n) is 1.13. The average molecular weight is 192 g/mol. The third kappa shape index (κ3) is 3.81. The van der Waals surface area contributed by atoms with Crippen molar-refractivity contribution in [1.29, 1.82) is 0 Å². The number of nitrogens with one attached hydrogen (secondary N) is 1. The average Bonchev–Trinajstić information content (AvgIpc) is 1.64. The Labute approximate surface area is 67.2 Å². The van der Waals surface area contributed by atoms with Crippen LogP contribution in [0, 0.1) is 0 Å². The molecular formula is C3H4Cl3NO2. The molecule has 0 bridgehead atoms. The van der Waals surface area contributed by atoms with Crippen molar-refractivity contribution in [3.05, 3.63) is 0 Å². The first-order valence-corrected chi connectivity index (χ1v) is 3.02. The molecule has 1 amide bonds. The maximum Gasteiger partial charge on any atom is 0.295 e. The minimum atomic E-state index is -1.95. The molecule has 1 N–H and O–H groups in total. The van der Waals surface area contributed by atoms with Crippen LogP contribution in [0.5, 0.6) is 0 Å². The second-order valence-corrected chi connectivity index (χ2v) is 3.41. The summed E-state index contributed by atoms with van der Waals surface area (Å²) >= 11 is 15.3. The predicted molar refractivity (Wildman–Crippen MR) is 35.4 cm³/mol. The molecule has 9 heavy (non-hydrogen) atoms. The monoisotopic (exact) mass is 191 g/mol. The van der Waals surface area contributed by atoms with Crippen LogP contribution in [0.1, 0.15) is 0 Å². The van der Waals surface area contributed by atoms with E-state index in [1.807, 2.05) is 5.48 Å². The molecule has 0 unspecified atom stereocenters. The molecule has 0 radical (unpaired) electrons. The lowest BCUT2D eigenvalue weighted by Crippen LogP contribution is -2.33. The summed E-state index contributed by atoms with van der Waals surface area (Å²) in [6.45, 7) is 0. The normalized spacial score (nSPS) is 11.1. The Balaban J connectivity index is 3.74. The van der Waals surface area contributed by atoms with Crippen molar-refractivity contribution in [3.8, 4) is 0 Å². The lowest BCUT2D eigenvalue weighted by Gasteiger charge is -2.07. The van der Waals surface area contributed by atoms with Crippen molar-refractivity contribution in [2.45, 2.75) is 3.79 Å². The van der Waals surface area contributed by atoms with Gasteiger partial charge in [0.25, 0.3) is 9.70 Å². The smallest absolute Gasteiger partial charge is 0.277 e. The van der Waals surface area contributed by atoms with Crippen LogP contribution in [-0.2, 0) is 9.63 Å². The van der Waals surface area contributed by atoms with E-state index < -0.39 is 9.70 Å². The predicted octanol–water partition coefficient (Wildman–Crippen LogP) is 1.03. The van der Waals surface area contributed by atoms with Crippen molar-refractivity contribution in [2.24, 2.45) is 0 Å². The number of rotatable bonds is 1. The van der Waals surface area contributed by atoms with Crippen LogP contribution in [0.2, 0.25) is 0 Å². The Morgan fingerprint density at radius 3 is 2.11 bits per heavy atom. The van der Waals surface area contributed by atoms with E-state index in [4.69, 9.17) is 34.8 Å². The SMILES string of the molecule is CONC(=O)C(Cl)(Cl)Cl. The molecule has 0 atom stereocenters. The number of hydrogen-bond acceptors (Lipinski definition) is 2. The number of amides is 1. The van der Waals surface area contributed by atoms with E-state index in [0.717, 1.165) is 0 Å². The summed E-state index contributed by atoms with van der Waals surface area (Å²) in [4.78, 5) is 14.6. The van der Waals surface area contributed by atoms with Crippen molar-refractivity contribution in [3.63, 3.8) is 0 Å². The minimum Gasteiger partial charge on any atom is -0.277 e. The molecule has 0 saturated heterocycles. The number of hydrogen-bond donors (Lipinski definition) is 1. The van der Waals surface area contributed by atoms with Gasteiger partial charge in [0.05, 0.1) is 7.11 Å². The van der Waals surface area contributed by atoms with Crippen molar-refractivity contribution >= 4 is 40.7 Å². The maximum atomic E-state index is 10.4. The lowest BCUT2D eigenvalue weighted by atomic mass is 10.7. The van der Waals surface area contributed by atoms with Gasteiger partial charge in [-0.2, -0.15) is 0 Å². The standard InChI is InChI=1S/C3H4Cl3NO2/c1-9-7-2(8)3(4,5)6/h1H3,(H,7,8). The molecule has 0 fully saturated rings. The first-order chi connectivity index (χ1) is 3.98. The first-order valence-electron chi connectivity index (χ1n) is 1.88. The third-order valence-electron chi connectivity index (χ3n) is 0.452. The Morgan fingerprint density at radius 1 is 1.56 bits per heavy atom. The van der Waals surface area contributed by atoms with Crippen LogP contribution in [0.15, 0.2) is 0 Å². The molecule has 0 aliphatic carbocycles. The van der Waals surface area contributed by atoms with Crippen LogP contribution < -0.4 is 5.48 Å². The van der Waals surface area contributed by atoms with E-state index in [1.165, 1.54) is 7.11 Å². The molecule has 0 saturated carbocycles. The number of alkyl halides is 3. The number of halogens is 3. The van der Waals surface area contributed by atoms with E-state index in [1.54, 1.807) is 0 Å². The van der Waals surface area contributed by atoms with Gasteiger partial charge in [-0.1, -0.05) is 34.8 Å². The fraction of sp³-hybridized carbons (Fsp3) is 0.667. The molecule has 0 aromatic rings. The number of carbonyl (C=O) groups is 1. The Bertz CT molecular complexity index is 110. The van der Waals surface area contributed by atoms with Gasteiger partial charge in [0.15, 0.2) is 0 Å². The van der Waals surface area contributed by atoms with Gasteiger partial charge in [-0.15, -0.1) is 0 Å². The van der Waals surface area contributed by atoms with Crippen molar-refractivity contribution in [2.75, 3.05) is 7.11 Å². The van der Waals surface area contributed by atoms with E-state index in [2.05, 4.69) is 4.84 Å². The summed E-state index contributed by atoms with van der Waals surface area (Å²) in [6, 6.07) is 0. The molecule has 0 aromatic heterocycles. The van der Waals surface area contributed by atoms with Gasteiger partial charge in [0.2, 0.25) is 0 Å². The van der Waals surface area contributed by atoms with Crippen LogP contribution in [0.25, 0.3) is 0 Å². The Kier molecular flexibility index (Phi) is 3.58. The van der Waals surface area contributed by atoms with Crippen LogP contribution >= 0.6 is 34.8 Å². The van der Waals surface area contributed by atoms with Crippen LogP contribution in [0.3, 0.4) is 0 Å². The zero-order chi connectivity index (χ0) is 7.49. The maximum absolute atomic E-state index is 10.4. The van der Waals surface area contributed by atoms with E-state index >= 15 is 0 Å². The molecule has 0 spiro atoms. The van der Waals surface area contributed by atoms with Gasteiger partial charge in [-0.05, 0) is 0 Å². The summed E-state index contributed by atoms with van der Waals surface area (Å²) < 4.78 is -1.95. The molecule has 54 valence electrons. The summed E-state index contributed by atoms with van der Waals surface area (Å²) in [7, 11) is 1.24. The highest BCUT2D eigenvalue weighted by Gasteiger charge is 2.30. The Morgan fingerprint density at radius 2 is 2.00 bits per heavy atom. The van der Waals surface area contributed by atoms with Gasteiger partial charge in [0.1, 0.15) is 0 Å². The molecular weight excluding hydrogens is 188 g/mol. The molecule has 0 heterocycles. The van der Waals surface area contributed by atoms with Crippen molar-refractivity contribution < 1.29 is 9.63 Å². The quantitative estimate of drug-likeness (QED) is 0.498. The summed E-state index contributed by atoms with van der Waals surface area (Å²) in [5, 5.41) is 0. The van der Waals surface area contributed by atoms with Gasteiger partial charge in [0, 0.05) is 0 Å². The summed E-state index contributed by atoms with van der Waals surface area (Å²) in [6.07, 6.45) is 0. The lowest BCUT2D eigenvalue weighted by molar-refractivity contribution is -0.130. The largest absolute Gasteiger partial charge is 0.295 e. The minimum absolute atomic E-state index is 0.810. The van der Waals surface area contributed by atoms with Gasteiger partial charge in [-0.25, -0.2) is 5.48 Å². The highest BCUT2D eigenvalue weighted by Crippen LogP contribution is 2.25. The van der Waals surface area contributed by atoms with Gasteiger partial charge < -0.3 is 0 Å². The summed E-state index contributed by atoms with van der Waals surface area (Å²) in [5.41, 5.74) is 1.85. The molecule has 0 aliphatic rings. The van der Waals surface area contributed by atoms with Gasteiger partial charge in [-0.3, -0.25) is 9.63 Å². The number of carbonyl (C=O) groups excluding carboxylic acids is 1. The van der Waals surface area contributed by atoms with Gasteiger partial charge >= 0.3 is 0 Å². The summed E-state index contributed by atoms with van der Waals surface area (Å²) in [5.74, 6) is -0.810. The first kappa shape index (κ1) is 9.30. The molecule has 0 rings (SSSR count). The highest BCUT2D eigenvalue weighted by molar-refractivity contribution is 6.76. The zero-order valence-electron chi connectivity index (χ0n) is 4.45. The van der Waals surface area contributed by atoms with Crippen LogP contribution in [0.4, 0.5) is 0 Å². The molecule has 3 nitrogen and oxygen atoms in total.